The van der Waals surface area contributed by atoms with Crippen LogP contribution in [0.4, 0.5) is 19.1 Å². The van der Waals surface area contributed by atoms with Crippen LogP contribution < -0.4 is 4.90 Å². The summed E-state index contributed by atoms with van der Waals surface area (Å²) in [7, 11) is 0. The maximum absolute atomic E-state index is 10.6. The van der Waals surface area contributed by atoms with Crippen LogP contribution in [0.3, 0.4) is 0 Å². The fourth-order valence-electron chi connectivity index (χ4n) is 4.28. The summed E-state index contributed by atoms with van der Waals surface area (Å²) in [5.74, 6) is -1.99. The summed E-state index contributed by atoms with van der Waals surface area (Å²) in [5.41, 5.74) is 1.29. The standard InChI is InChI=1S/C21H25ClN6O.C2HF3O2/c1-15-12-28(19(13-29-15)10-16-2-4-17(22)5-3-16)18-6-8-27(9-7-18)21-25-14-24-20(11-23)26-21;3-2(4,5)1(6)7/h2-5,14-15,18-19H,6-10,12-13H2,1H3;(H,6,7)/t15-,19-;/m0./s1. The highest BCUT2D eigenvalue weighted by Gasteiger charge is 2.38. The van der Waals surface area contributed by atoms with Gasteiger partial charge in [0.15, 0.2) is 0 Å². The molecule has 36 heavy (non-hydrogen) atoms. The Morgan fingerprint density at radius 2 is 1.89 bits per heavy atom. The minimum absolute atomic E-state index is 0.169. The topological polar surface area (TPSA) is 115 Å². The van der Waals surface area contributed by atoms with Crippen LogP contribution in [-0.2, 0) is 16.0 Å². The average Bonchev–Trinajstić information content (AvgIpc) is 2.86. The molecule has 0 bridgehead atoms. The van der Waals surface area contributed by atoms with E-state index in [0.29, 0.717) is 18.0 Å². The summed E-state index contributed by atoms with van der Waals surface area (Å²) in [5, 5.41) is 16.9. The van der Waals surface area contributed by atoms with Crippen LogP contribution in [0.25, 0.3) is 0 Å². The molecule has 2 fully saturated rings. The van der Waals surface area contributed by atoms with Crippen LogP contribution in [0.15, 0.2) is 30.6 Å². The number of aliphatic carboxylic acids is 1. The SMILES string of the molecule is C[C@H]1CN(C2CCN(c3ncnc(C#N)n3)CC2)[C@@H](Cc2ccc(Cl)cc2)CO1.O=C(O)C(F)(F)F. The molecule has 4 rings (SSSR count). The van der Waals surface area contributed by atoms with Gasteiger partial charge in [-0.05, 0) is 43.9 Å². The Kier molecular flexibility index (Phi) is 9.42. The highest BCUT2D eigenvalue weighted by atomic mass is 35.5. The lowest BCUT2D eigenvalue weighted by atomic mass is 9.96. The number of aromatic nitrogens is 3. The van der Waals surface area contributed by atoms with E-state index in [2.05, 4.69) is 43.8 Å². The molecule has 0 radical (unpaired) electrons. The molecule has 0 unspecified atom stereocenters. The number of benzene rings is 1. The number of ether oxygens (including phenoxy) is 1. The molecule has 1 N–H and O–H groups in total. The summed E-state index contributed by atoms with van der Waals surface area (Å²) in [6.45, 7) is 5.60. The van der Waals surface area contributed by atoms with Crippen LogP contribution in [0.1, 0.15) is 31.2 Å². The predicted octanol–water partition coefficient (Wildman–Crippen LogP) is 3.33. The number of morpholine rings is 1. The first-order chi connectivity index (χ1) is 17.1. The number of nitriles is 1. The zero-order valence-electron chi connectivity index (χ0n) is 19.5. The van der Waals surface area contributed by atoms with E-state index in [1.54, 1.807) is 0 Å². The molecule has 1 aromatic carbocycles. The van der Waals surface area contributed by atoms with Crippen molar-refractivity contribution in [2.24, 2.45) is 0 Å². The van der Waals surface area contributed by atoms with Crippen molar-refractivity contribution in [3.8, 4) is 6.07 Å². The third kappa shape index (κ3) is 7.74. The maximum Gasteiger partial charge on any atom is 0.490 e. The highest BCUT2D eigenvalue weighted by molar-refractivity contribution is 6.30. The number of carbonyl (C=O) groups is 1. The van der Waals surface area contributed by atoms with Crippen LogP contribution in [0.2, 0.25) is 5.02 Å². The van der Waals surface area contributed by atoms with Crippen molar-refractivity contribution < 1.29 is 27.8 Å². The smallest absolute Gasteiger partial charge is 0.475 e. The van der Waals surface area contributed by atoms with Gasteiger partial charge < -0.3 is 14.7 Å². The summed E-state index contributed by atoms with van der Waals surface area (Å²) in [6, 6.07) is 11.0. The number of alkyl halides is 3. The molecular weight excluding hydrogens is 501 g/mol. The van der Waals surface area contributed by atoms with E-state index in [9.17, 15) is 13.2 Å². The van der Waals surface area contributed by atoms with Gasteiger partial charge in [-0.25, -0.2) is 14.8 Å². The maximum atomic E-state index is 10.6. The Hall–Kier alpha value is -3.01. The predicted molar refractivity (Wildman–Crippen MR) is 125 cm³/mol. The van der Waals surface area contributed by atoms with Gasteiger partial charge in [0, 0.05) is 36.7 Å². The van der Waals surface area contributed by atoms with Crippen molar-refractivity contribution >= 4 is 23.5 Å². The van der Waals surface area contributed by atoms with E-state index in [4.69, 9.17) is 31.5 Å². The molecule has 0 aliphatic carbocycles. The number of nitrogens with zero attached hydrogens (tertiary/aromatic N) is 6. The van der Waals surface area contributed by atoms with E-state index in [0.717, 1.165) is 50.5 Å². The fourth-order valence-corrected chi connectivity index (χ4v) is 4.40. The molecule has 2 aromatic rings. The second kappa shape index (κ2) is 12.3. The molecule has 0 spiro atoms. The highest BCUT2D eigenvalue weighted by Crippen LogP contribution is 2.26. The van der Waals surface area contributed by atoms with Crippen LogP contribution in [-0.4, -0.2) is 81.5 Å². The number of rotatable bonds is 4. The van der Waals surface area contributed by atoms with E-state index in [1.165, 1.54) is 11.9 Å². The monoisotopic (exact) mass is 526 g/mol. The van der Waals surface area contributed by atoms with Gasteiger partial charge in [-0.2, -0.15) is 23.4 Å². The second-order valence-corrected chi connectivity index (χ2v) is 9.00. The average molecular weight is 527 g/mol. The van der Waals surface area contributed by atoms with E-state index < -0.39 is 12.1 Å². The molecular formula is C23H26ClF3N6O3. The molecule has 194 valence electrons. The summed E-state index contributed by atoms with van der Waals surface area (Å²) in [6.07, 6.45) is -0.382. The fraction of sp³-hybridized carbons (Fsp3) is 0.522. The second-order valence-electron chi connectivity index (χ2n) is 8.57. The van der Waals surface area contributed by atoms with Gasteiger partial charge in [0.1, 0.15) is 12.4 Å². The summed E-state index contributed by atoms with van der Waals surface area (Å²) >= 11 is 6.04. The van der Waals surface area contributed by atoms with Crippen LogP contribution in [0.5, 0.6) is 0 Å². The Morgan fingerprint density at radius 1 is 1.25 bits per heavy atom. The van der Waals surface area contributed by atoms with Crippen molar-refractivity contribution in [2.45, 2.75) is 50.6 Å². The van der Waals surface area contributed by atoms with Crippen molar-refractivity contribution in [1.82, 2.24) is 19.9 Å². The van der Waals surface area contributed by atoms with Crippen LogP contribution in [0, 0.1) is 11.3 Å². The number of hydrogen-bond acceptors (Lipinski definition) is 8. The molecule has 3 heterocycles. The zero-order valence-corrected chi connectivity index (χ0v) is 20.3. The molecule has 13 heteroatoms. The number of hydrogen-bond donors (Lipinski definition) is 1. The Bertz CT molecular complexity index is 1060. The Balaban J connectivity index is 0.000000454. The molecule has 1 aromatic heterocycles. The largest absolute Gasteiger partial charge is 0.490 e. The van der Waals surface area contributed by atoms with Gasteiger partial charge in [0.25, 0.3) is 0 Å². The normalized spacial score (nSPS) is 21.3. The molecule has 0 amide bonds. The van der Waals surface area contributed by atoms with Crippen molar-refractivity contribution in [3.63, 3.8) is 0 Å². The first-order valence-corrected chi connectivity index (χ1v) is 11.7. The lowest BCUT2D eigenvalue weighted by Crippen LogP contribution is -2.56. The van der Waals surface area contributed by atoms with E-state index >= 15 is 0 Å². The van der Waals surface area contributed by atoms with Gasteiger partial charge in [-0.1, -0.05) is 23.7 Å². The summed E-state index contributed by atoms with van der Waals surface area (Å²) < 4.78 is 37.7. The molecule has 2 aliphatic rings. The Morgan fingerprint density at radius 3 is 2.47 bits per heavy atom. The quantitative estimate of drug-likeness (QED) is 0.640. The molecule has 2 saturated heterocycles. The number of anilines is 1. The molecule has 2 aliphatic heterocycles. The molecule has 0 saturated carbocycles. The van der Waals surface area contributed by atoms with E-state index in [-0.39, 0.29) is 11.9 Å². The summed E-state index contributed by atoms with van der Waals surface area (Å²) in [4.78, 5) is 26.0. The molecule has 2 atom stereocenters. The van der Waals surface area contributed by atoms with Gasteiger partial charge in [-0.3, -0.25) is 4.90 Å². The first kappa shape index (κ1) is 27.6. The van der Waals surface area contributed by atoms with Gasteiger partial charge >= 0.3 is 12.1 Å². The number of carboxylic acid groups (broad SMARTS) is 1. The van der Waals surface area contributed by atoms with E-state index in [1.807, 2.05) is 18.2 Å². The van der Waals surface area contributed by atoms with Crippen molar-refractivity contribution in [3.05, 3.63) is 47.0 Å². The minimum Gasteiger partial charge on any atom is -0.475 e. The number of piperidine rings is 1. The number of carboxylic acids is 1. The zero-order chi connectivity index (χ0) is 26.3. The van der Waals surface area contributed by atoms with Crippen molar-refractivity contribution in [1.29, 1.82) is 5.26 Å². The lowest BCUT2D eigenvalue weighted by Gasteiger charge is -2.46. The third-order valence-electron chi connectivity index (χ3n) is 6.01. The van der Waals surface area contributed by atoms with Crippen LogP contribution >= 0.6 is 11.6 Å². The molecule has 9 nitrogen and oxygen atoms in total. The van der Waals surface area contributed by atoms with Gasteiger partial charge in [-0.15, -0.1) is 0 Å². The third-order valence-corrected chi connectivity index (χ3v) is 6.26. The first-order valence-electron chi connectivity index (χ1n) is 11.3. The number of halogens is 4. The van der Waals surface area contributed by atoms with Gasteiger partial charge in [0.05, 0.1) is 12.7 Å². The lowest BCUT2D eigenvalue weighted by molar-refractivity contribution is -0.192. The minimum atomic E-state index is -5.08. The Labute approximate surface area is 211 Å². The van der Waals surface area contributed by atoms with Crippen molar-refractivity contribution in [2.75, 3.05) is 31.1 Å². The van der Waals surface area contributed by atoms with Gasteiger partial charge in [0.2, 0.25) is 11.8 Å².